The molecule has 5 rings (SSSR count). The molecule has 2 N–H and O–H groups in total. The van der Waals surface area contributed by atoms with Gasteiger partial charge in [-0.1, -0.05) is 72.8 Å². The predicted octanol–water partition coefficient (Wildman–Crippen LogP) is 7.20. The minimum absolute atomic E-state index is 0.0253. The van der Waals surface area contributed by atoms with Crippen LogP contribution in [-0.4, -0.2) is 26.5 Å². The van der Waals surface area contributed by atoms with E-state index in [9.17, 15) is 18.3 Å². The van der Waals surface area contributed by atoms with Gasteiger partial charge in [0.2, 0.25) is 0 Å². The van der Waals surface area contributed by atoms with E-state index in [-0.39, 0.29) is 39.1 Å². The van der Waals surface area contributed by atoms with E-state index in [0.29, 0.717) is 22.0 Å². The number of phenols is 1. The Hall–Kier alpha value is -5.02. The molecule has 5 aromatic rings. The molecule has 0 atom stereocenters. The molecule has 0 aliphatic heterocycles. The number of fused-ring (bicyclic) bond motifs is 1. The summed E-state index contributed by atoms with van der Waals surface area (Å²) in [6.45, 7) is 0. The maximum atomic E-state index is 13.3. The number of aromatic hydroxyl groups is 1. The first kappa shape index (κ1) is 26.6. The van der Waals surface area contributed by atoms with Crippen LogP contribution in [0.4, 0.5) is 17.1 Å². The van der Waals surface area contributed by atoms with Crippen molar-refractivity contribution in [3.8, 4) is 11.5 Å². The number of sulfone groups is 1. The number of carbonyl (C=O) groups excluding carboxylic acids is 1. The number of rotatable bonds is 8. The summed E-state index contributed by atoms with van der Waals surface area (Å²) < 4.78 is 31.9. The van der Waals surface area contributed by atoms with Crippen LogP contribution in [0, 0.1) is 0 Å². The number of nitrogens with zero attached hydrogens (tertiary/aromatic N) is 2. The first-order chi connectivity index (χ1) is 19.4. The Bertz CT molecular complexity index is 1820. The molecule has 0 spiro atoms. The molecule has 1 amide bonds. The molecule has 0 aliphatic carbocycles. The van der Waals surface area contributed by atoms with Gasteiger partial charge in [0.1, 0.15) is 16.3 Å². The van der Waals surface area contributed by atoms with E-state index >= 15 is 0 Å². The number of methoxy groups -OCH3 is 1. The maximum absolute atomic E-state index is 13.3. The molecule has 0 unspecified atom stereocenters. The van der Waals surface area contributed by atoms with Gasteiger partial charge in [-0.25, -0.2) is 8.42 Å². The van der Waals surface area contributed by atoms with Gasteiger partial charge in [0.25, 0.3) is 5.91 Å². The standard InChI is InChI=1S/C31H25N3O5S/c1-39-27-17-16-24(19-28(27)40(37,38)20-21-10-4-2-5-11-21)33-34-29-25-15-9-8-12-22(25)18-26(30(29)35)31(36)32-23-13-6-3-7-14-23/h2-19,35H,20H2,1H3,(H,32,36). The van der Waals surface area contributed by atoms with Crippen molar-refractivity contribution in [3.05, 3.63) is 120 Å². The summed E-state index contributed by atoms with van der Waals surface area (Å²) in [5.41, 5.74) is 1.55. The van der Waals surface area contributed by atoms with Crippen molar-refractivity contribution in [1.82, 2.24) is 0 Å². The second-order valence-electron chi connectivity index (χ2n) is 8.94. The zero-order valence-electron chi connectivity index (χ0n) is 21.5. The van der Waals surface area contributed by atoms with Crippen molar-refractivity contribution in [3.63, 3.8) is 0 Å². The van der Waals surface area contributed by atoms with E-state index in [2.05, 4.69) is 15.5 Å². The number of nitrogens with one attached hydrogen (secondary N) is 1. The van der Waals surface area contributed by atoms with E-state index in [0.717, 1.165) is 0 Å². The monoisotopic (exact) mass is 551 g/mol. The first-order valence-electron chi connectivity index (χ1n) is 12.3. The van der Waals surface area contributed by atoms with E-state index in [1.54, 1.807) is 78.9 Å². The average Bonchev–Trinajstić information content (AvgIpc) is 2.97. The number of ether oxygens (including phenoxy) is 1. The van der Waals surface area contributed by atoms with Crippen LogP contribution in [0.5, 0.6) is 11.5 Å². The number of carbonyl (C=O) groups is 1. The molecule has 200 valence electrons. The SMILES string of the molecule is COc1ccc(N=Nc2c(O)c(C(=O)Nc3ccccc3)cc3ccccc23)cc1S(=O)(=O)Cc1ccccc1. The minimum Gasteiger partial charge on any atom is -0.505 e. The van der Waals surface area contributed by atoms with Gasteiger partial charge < -0.3 is 15.2 Å². The second-order valence-corrected chi connectivity index (χ2v) is 10.9. The summed E-state index contributed by atoms with van der Waals surface area (Å²) in [6.07, 6.45) is 0. The van der Waals surface area contributed by atoms with Crippen molar-refractivity contribution in [2.75, 3.05) is 12.4 Å². The van der Waals surface area contributed by atoms with E-state index in [1.165, 1.54) is 19.2 Å². The number of anilines is 1. The van der Waals surface area contributed by atoms with Gasteiger partial charge in [-0.05, 0) is 47.3 Å². The van der Waals surface area contributed by atoms with Crippen molar-refractivity contribution >= 4 is 43.6 Å². The molecule has 0 heterocycles. The van der Waals surface area contributed by atoms with Crippen LogP contribution in [0.15, 0.2) is 124 Å². The number of benzene rings is 5. The third-order valence-electron chi connectivity index (χ3n) is 6.22. The number of azo groups is 1. The molecule has 0 radical (unpaired) electrons. The number of hydrogen-bond acceptors (Lipinski definition) is 7. The fraction of sp³-hybridized carbons (Fsp3) is 0.0645. The van der Waals surface area contributed by atoms with Gasteiger partial charge in [-0.3, -0.25) is 4.79 Å². The van der Waals surface area contributed by atoms with E-state index < -0.39 is 15.7 Å². The number of amides is 1. The van der Waals surface area contributed by atoms with Crippen LogP contribution in [-0.2, 0) is 15.6 Å². The van der Waals surface area contributed by atoms with Crippen LogP contribution in [0.2, 0.25) is 0 Å². The normalized spacial score (nSPS) is 11.5. The van der Waals surface area contributed by atoms with Crippen molar-refractivity contribution < 1.29 is 23.1 Å². The molecule has 8 nitrogen and oxygen atoms in total. The molecule has 0 saturated carbocycles. The zero-order chi connectivity index (χ0) is 28.1. The maximum Gasteiger partial charge on any atom is 0.259 e. The fourth-order valence-electron chi connectivity index (χ4n) is 4.26. The molecule has 0 aromatic heterocycles. The number of hydrogen-bond donors (Lipinski definition) is 2. The highest BCUT2D eigenvalue weighted by Crippen LogP contribution is 2.40. The van der Waals surface area contributed by atoms with Crippen molar-refractivity contribution in [2.45, 2.75) is 10.6 Å². The lowest BCUT2D eigenvalue weighted by Crippen LogP contribution is -2.12. The van der Waals surface area contributed by atoms with Gasteiger partial charge in [-0.15, -0.1) is 5.11 Å². The summed E-state index contributed by atoms with van der Waals surface area (Å²) in [5.74, 6) is -0.886. The fourth-order valence-corrected chi connectivity index (χ4v) is 5.81. The lowest BCUT2D eigenvalue weighted by molar-refractivity contribution is 0.102. The Morgan fingerprint density at radius 1 is 0.850 bits per heavy atom. The largest absolute Gasteiger partial charge is 0.505 e. The Morgan fingerprint density at radius 3 is 2.25 bits per heavy atom. The van der Waals surface area contributed by atoms with Crippen LogP contribution in [0.25, 0.3) is 10.8 Å². The molecule has 40 heavy (non-hydrogen) atoms. The molecule has 0 bridgehead atoms. The van der Waals surface area contributed by atoms with Gasteiger partial charge in [0.05, 0.1) is 24.1 Å². The smallest absolute Gasteiger partial charge is 0.259 e. The Balaban J connectivity index is 1.53. The summed E-state index contributed by atoms with van der Waals surface area (Å²) in [6, 6.07) is 30.9. The van der Waals surface area contributed by atoms with Crippen LogP contribution in [0.3, 0.4) is 0 Å². The highest BCUT2D eigenvalue weighted by molar-refractivity contribution is 7.90. The molecule has 0 fully saturated rings. The highest BCUT2D eigenvalue weighted by atomic mass is 32.2. The van der Waals surface area contributed by atoms with Crippen LogP contribution < -0.4 is 10.1 Å². The van der Waals surface area contributed by atoms with Crippen LogP contribution in [0.1, 0.15) is 15.9 Å². The lowest BCUT2D eigenvalue weighted by Gasteiger charge is -2.12. The summed E-state index contributed by atoms with van der Waals surface area (Å²) >= 11 is 0. The summed E-state index contributed by atoms with van der Waals surface area (Å²) in [4.78, 5) is 13.0. The van der Waals surface area contributed by atoms with Crippen LogP contribution >= 0.6 is 0 Å². The van der Waals surface area contributed by atoms with E-state index in [4.69, 9.17) is 4.74 Å². The Morgan fingerprint density at radius 2 is 1.52 bits per heavy atom. The third kappa shape index (κ3) is 5.69. The molecular weight excluding hydrogens is 526 g/mol. The average molecular weight is 552 g/mol. The molecule has 9 heteroatoms. The Kier molecular flexibility index (Phi) is 7.56. The quantitative estimate of drug-likeness (QED) is 0.198. The topological polar surface area (TPSA) is 117 Å². The van der Waals surface area contributed by atoms with Crippen molar-refractivity contribution in [2.24, 2.45) is 10.2 Å². The summed E-state index contributed by atoms with van der Waals surface area (Å²) in [7, 11) is -2.38. The Labute approximate surface area is 231 Å². The molecule has 5 aromatic carbocycles. The van der Waals surface area contributed by atoms with Gasteiger partial charge in [-0.2, -0.15) is 5.11 Å². The first-order valence-corrected chi connectivity index (χ1v) is 14.0. The van der Waals surface area contributed by atoms with Crippen molar-refractivity contribution in [1.29, 1.82) is 0 Å². The van der Waals surface area contributed by atoms with Gasteiger partial charge in [0.15, 0.2) is 15.6 Å². The van der Waals surface area contributed by atoms with Gasteiger partial charge in [0, 0.05) is 11.1 Å². The highest BCUT2D eigenvalue weighted by Gasteiger charge is 2.22. The zero-order valence-corrected chi connectivity index (χ0v) is 22.3. The second kappa shape index (κ2) is 11.4. The predicted molar refractivity (Wildman–Crippen MR) is 155 cm³/mol. The van der Waals surface area contributed by atoms with Gasteiger partial charge >= 0.3 is 0 Å². The number of para-hydroxylation sites is 1. The third-order valence-corrected chi connectivity index (χ3v) is 7.92. The molecule has 0 saturated heterocycles. The molecule has 0 aliphatic rings. The summed E-state index contributed by atoms with van der Waals surface area (Å²) in [5, 5.41) is 23.6. The molecular formula is C31H25N3O5S. The van der Waals surface area contributed by atoms with E-state index in [1.807, 2.05) is 18.2 Å². The number of phenolic OH excluding ortho intramolecular Hbond substituents is 1. The minimum atomic E-state index is -3.78. The lowest BCUT2D eigenvalue weighted by atomic mass is 10.0.